The Labute approximate surface area is 254 Å². The van der Waals surface area contributed by atoms with Crippen LogP contribution in [0.15, 0.2) is 145 Å². The number of allylic oxidation sites excluding steroid dienone is 1. The minimum Gasteiger partial charge on any atom is -0.388 e. The molecule has 0 saturated heterocycles. The number of nitrogens with one attached hydrogen (secondary N) is 1. The van der Waals surface area contributed by atoms with Crippen molar-refractivity contribution in [2.24, 2.45) is 4.99 Å². The van der Waals surface area contributed by atoms with E-state index in [9.17, 15) is 0 Å². The van der Waals surface area contributed by atoms with Crippen molar-refractivity contribution in [1.82, 2.24) is 9.88 Å². The maximum Gasteiger partial charge on any atom is 0.115 e. The molecule has 0 spiro atoms. The number of aromatic nitrogens is 1. The molecule has 0 atom stereocenters. The number of thiophene rings is 1. The molecule has 0 radical (unpaired) electrons. The van der Waals surface area contributed by atoms with Gasteiger partial charge in [-0.25, -0.2) is 0 Å². The fourth-order valence-electron chi connectivity index (χ4n) is 6.38. The molecule has 0 aliphatic rings. The smallest absolute Gasteiger partial charge is 0.115 e. The number of hydrogen-bond donors (Lipinski definition) is 1. The van der Waals surface area contributed by atoms with E-state index in [1.165, 1.54) is 52.8 Å². The highest BCUT2D eigenvalue weighted by molar-refractivity contribution is 7.27. The molecule has 206 valence electrons. The van der Waals surface area contributed by atoms with Crippen molar-refractivity contribution < 1.29 is 0 Å². The highest BCUT2D eigenvalue weighted by atomic mass is 32.1. The average molecular weight is 572 g/mol. The Kier molecular flexibility index (Phi) is 6.27. The molecule has 3 nitrogen and oxygen atoms in total. The molecule has 0 unspecified atom stereocenters. The highest BCUT2D eigenvalue weighted by Gasteiger charge is 2.20. The molecule has 0 fully saturated rings. The van der Waals surface area contributed by atoms with Crippen molar-refractivity contribution in [3.8, 4) is 0 Å². The van der Waals surface area contributed by atoms with Crippen molar-refractivity contribution in [3.05, 3.63) is 151 Å². The van der Waals surface area contributed by atoms with Crippen LogP contribution in [0.5, 0.6) is 0 Å². The van der Waals surface area contributed by atoms with Crippen molar-refractivity contribution in [3.63, 3.8) is 0 Å². The number of fused-ring (bicyclic) bond motifs is 10. The molecule has 6 aromatic carbocycles. The van der Waals surface area contributed by atoms with Crippen LogP contribution < -0.4 is 5.32 Å². The molecule has 8 aromatic rings. The van der Waals surface area contributed by atoms with Crippen molar-refractivity contribution >= 4 is 75.5 Å². The van der Waals surface area contributed by atoms with Gasteiger partial charge in [0.15, 0.2) is 0 Å². The van der Waals surface area contributed by atoms with Crippen LogP contribution in [-0.4, -0.2) is 17.3 Å². The van der Waals surface area contributed by atoms with Crippen LogP contribution in [0.2, 0.25) is 0 Å². The number of aliphatic imine (C=N–C) groups is 1. The lowest BCUT2D eigenvalue weighted by molar-refractivity contribution is 0.795. The zero-order valence-electron chi connectivity index (χ0n) is 23.8. The lowest BCUT2D eigenvalue weighted by Gasteiger charge is -2.12. The summed E-state index contributed by atoms with van der Waals surface area (Å²) in [5.41, 5.74) is 6.62. The third-order valence-electron chi connectivity index (χ3n) is 8.33. The van der Waals surface area contributed by atoms with Crippen molar-refractivity contribution in [2.75, 3.05) is 7.05 Å². The predicted octanol–water partition coefficient (Wildman–Crippen LogP) is 10.0. The summed E-state index contributed by atoms with van der Waals surface area (Å²) in [6, 6.07) is 47.4. The normalized spacial score (nSPS) is 12.7. The van der Waals surface area contributed by atoms with Gasteiger partial charge in [0.25, 0.3) is 0 Å². The maximum absolute atomic E-state index is 5.35. The molecule has 43 heavy (non-hydrogen) atoms. The van der Waals surface area contributed by atoms with Crippen LogP contribution in [0.3, 0.4) is 0 Å². The van der Waals surface area contributed by atoms with Gasteiger partial charge >= 0.3 is 0 Å². The van der Waals surface area contributed by atoms with Gasteiger partial charge in [-0.05, 0) is 29.3 Å². The highest BCUT2D eigenvalue weighted by Crippen LogP contribution is 2.47. The number of para-hydroxylation sites is 1. The van der Waals surface area contributed by atoms with Gasteiger partial charge in [0, 0.05) is 54.5 Å². The maximum atomic E-state index is 5.35. The van der Waals surface area contributed by atoms with E-state index in [-0.39, 0.29) is 0 Å². The minimum atomic E-state index is 0.494. The van der Waals surface area contributed by atoms with E-state index in [2.05, 4.69) is 143 Å². The van der Waals surface area contributed by atoms with E-state index in [0.717, 1.165) is 22.5 Å². The van der Waals surface area contributed by atoms with Gasteiger partial charge < -0.3 is 9.88 Å². The van der Waals surface area contributed by atoms with E-state index < -0.39 is 0 Å². The van der Waals surface area contributed by atoms with Crippen molar-refractivity contribution in [2.45, 2.75) is 6.67 Å². The summed E-state index contributed by atoms with van der Waals surface area (Å²) in [7, 11) is 1.97. The third-order valence-corrected chi connectivity index (χ3v) is 9.53. The van der Waals surface area contributed by atoms with Crippen LogP contribution in [0, 0.1) is 0 Å². The van der Waals surface area contributed by atoms with Gasteiger partial charge in [-0.15, -0.1) is 11.3 Å². The van der Waals surface area contributed by atoms with Crippen LogP contribution >= 0.6 is 11.3 Å². The van der Waals surface area contributed by atoms with E-state index in [1.807, 2.05) is 24.5 Å². The zero-order valence-corrected chi connectivity index (χ0v) is 24.6. The Balaban J connectivity index is 1.43. The Bertz CT molecular complexity index is 2340. The second-order valence-electron chi connectivity index (χ2n) is 10.7. The molecule has 0 amide bonds. The number of rotatable bonds is 6. The summed E-state index contributed by atoms with van der Waals surface area (Å²) in [5.74, 6) is 0. The molecular weight excluding hydrogens is 543 g/mol. The summed E-state index contributed by atoms with van der Waals surface area (Å²) < 4.78 is 5.09. The fraction of sp³-hybridized carbons (Fsp3) is 0.0513. The van der Waals surface area contributed by atoms with Crippen LogP contribution in [0.25, 0.3) is 58.4 Å². The Hall–Kier alpha value is -5.19. The Morgan fingerprint density at radius 3 is 2.00 bits per heavy atom. The van der Waals surface area contributed by atoms with Gasteiger partial charge in [0.1, 0.15) is 6.67 Å². The monoisotopic (exact) mass is 571 g/mol. The van der Waals surface area contributed by atoms with Gasteiger partial charge in [-0.1, -0.05) is 121 Å². The first-order valence-corrected chi connectivity index (χ1v) is 15.4. The van der Waals surface area contributed by atoms with Gasteiger partial charge in [-0.2, -0.15) is 0 Å². The second kappa shape index (κ2) is 10.6. The number of hydrogen-bond acceptors (Lipinski definition) is 3. The number of benzene rings is 6. The molecule has 2 aromatic heterocycles. The second-order valence-corrected chi connectivity index (χ2v) is 11.8. The minimum absolute atomic E-state index is 0.494. The van der Waals surface area contributed by atoms with Gasteiger partial charge in [-0.3, -0.25) is 4.99 Å². The molecule has 0 aliphatic carbocycles. The third kappa shape index (κ3) is 4.22. The fourth-order valence-corrected chi connectivity index (χ4v) is 7.63. The standard InChI is InChI=1S/C39H29N3S/c1-40-32(26-14-4-2-5-15-26)24-33(27-16-6-3-7-17-27)41-25-42-34-22-12-10-20-30(34)36-37-31-21-11-13-23-35(31)43-39(37)29-19-9-8-18-28(29)38(36)42/h2-24,40H,25H2,1H3/b32-24-,41-33+. The van der Waals surface area contributed by atoms with E-state index >= 15 is 0 Å². The van der Waals surface area contributed by atoms with Crippen LogP contribution in [0.1, 0.15) is 11.1 Å². The summed E-state index contributed by atoms with van der Waals surface area (Å²) in [6.45, 7) is 0.494. The van der Waals surface area contributed by atoms with Gasteiger partial charge in [0.2, 0.25) is 0 Å². The van der Waals surface area contributed by atoms with Gasteiger partial charge in [0.05, 0.1) is 16.7 Å². The number of nitrogens with zero attached hydrogens (tertiary/aromatic N) is 2. The topological polar surface area (TPSA) is 29.3 Å². The van der Waals surface area contributed by atoms with E-state index in [1.54, 1.807) is 0 Å². The SMILES string of the molecule is CN/C(=C\C(=N/Cn1c2ccccc2c2c3c4ccccc4sc3c3ccccc3c21)c1ccccc1)c1ccccc1. The molecule has 0 saturated carbocycles. The quantitative estimate of drug-likeness (QED) is 0.198. The zero-order chi connectivity index (χ0) is 28.8. The van der Waals surface area contributed by atoms with E-state index in [0.29, 0.717) is 6.67 Å². The summed E-state index contributed by atoms with van der Waals surface area (Å²) in [5, 5.41) is 11.2. The first-order chi connectivity index (χ1) is 21.3. The molecule has 8 rings (SSSR count). The molecule has 1 N–H and O–H groups in total. The summed E-state index contributed by atoms with van der Waals surface area (Å²) in [6.07, 6.45) is 2.17. The lowest BCUT2D eigenvalue weighted by atomic mass is 10.00. The Morgan fingerprint density at radius 1 is 0.651 bits per heavy atom. The summed E-state index contributed by atoms with van der Waals surface area (Å²) >= 11 is 1.90. The average Bonchev–Trinajstić information content (AvgIpc) is 3.62. The molecule has 2 heterocycles. The predicted molar refractivity (Wildman–Crippen MR) is 186 cm³/mol. The largest absolute Gasteiger partial charge is 0.388 e. The first-order valence-electron chi connectivity index (χ1n) is 14.6. The molecular formula is C39H29N3S. The van der Waals surface area contributed by atoms with E-state index in [4.69, 9.17) is 4.99 Å². The first kappa shape index (κ1) is 25.5. The lowest BCUT2D eigenvalue weighted by Crippen LogP contribution is -2.09. The van der Waals surface area contributed by atoms with Crippen molar-refractivity contribution in [1.29, 1.82) is 0 Å². The van der Waals surface area contributed by atoms with Crippen LogP contribution in [0.4, 0.5) is 0 Å². The molecule has 0 bridgehead atoms. The summed E-state index contributed by atoms with van der Waals surface area (Å²) in [4.78, 5) is 5.35. The Morgan fingerprint density at radius 2 is 1.26 bits per heavy atom. The van der Waals surface area contributed by atoms with Crippen LogP contribution in [-0.2, 0) is 6.67 Å². The molecule has 0 aliphatic heterocycles. The molecule has 4 heteroatoms.